The predicted molar refractivity (Wildman–Crippen MR) is 201 cm³/mol. The summed E-state index contributed by atoms with van der Waals surface area (Å²) in [4.78, 5) is 25.0. The first-order chi connectivity index (χ1) is 23.0. The molecule has 7 nitrogen and oxygen atoms in total. The van der Waals surface area contributed by atoms with E-state index < -0.39 is 26.7 Å². The minimum absolute atomic E-state index is 0.00650. The lowest BCUT2D eigenvalue weighted by Gasteiger charge is -2.45. The molecule has 264 valence electrons. The molecule has 3 aromatic carbocycles. The number of halogens is 2. The number of hydrogen-bond acceptors (Lipinski definition) is 6. The maximum atomic E-state index is 15.2. The molecule has 1 amide bonds. The van der Waals surface area contributed by atoms with Crippen molar-refractivity contribution in [2.24, 2.45) is 10.9 Å². The van der Waals surface area contributed by atoms with Gasteiger partial charge in [0.2, 0.25) is 5.91 Å². The smallest absolute Gasteiger partial charge is 0.232 e. The van der Waals surface area contributed by atoms with Crippen molar-refractivity contribution in [3.8, 4) is 5.75 Å². The van der Waals surface area contributed by atoms with E-state index in [1.165, 1.54) is 6.26 Å². The van der Waals surface area contributed by atoms with Gasteiger partial charge in [-0.05, 0) is 85.3 Å². The summed E-state index contributed by atoms with van der Waals surface area (Å²) in [6.07, 6.45) is 1.85. The monoisotopic (exact) mass is 725 g/mol. The average molecular weight is 727 g/mol. The first kappa shape index (κ1) is 37.3. The molecule has 1 unspecified atom stereocenters. The molecule has 0 N–H and O–H groups in total. The number of nitrogens with zero attached hydrogens (tertiary/aromatic N) is 3. The van der Waals surface area contributed by atoms with Gasteiger partial charge in [-0.1, -0.05) is 81.2 Å². The summed E-state index contributed by atoms with van der Waals surface area (Å²) < 4.78 is 29.7. The highest BCUT2D eigenvalue weighted by atomic mass is 35.5. The van der Waals surface area contributed by atoms with Crippen LogP contribution in [-0.2, 0) is 31.0 Å². The van der Waals surface area contributed by atoms with Gasteiger partial charge in [0.1, 0.15) is 15.6 Å². The Balaban J connectivity index is 1.65. The molecule has 0 spiro atoms. The van der Waals surface area contributed by atoms with E-state index in [4.69, 9.17) is 32.9 Å². The minimum atomic E-state index is -3.02. The molecule has 2 aliphatic rings. The fourth-order valence-electron chi connectivity index (χ4n) is 7.34. The molecule has 0 aromatic heterocycles. The van der Waals surface area contributed by atoms with E-state index in [1.54, 1.807) is 0 Å². The maximum Gasteiger partial charge on any atom is 0.232 e. The second-order valence-corrected chi connectivity index (χ2v) is 17.9. The van der Waals surface area contributed by atoms with E-state index >= 15 is 4.79 Å². The van der Waals surface area contributed by atoms with Gasteiger partial charge >= 0.3 is 0 Å². The van der Waals surface area contributed by atoms with Crippen molar-refractivity contribution < 1.29 is 17.9 Å². The number of hydrogen-bond donors (Lipinski definition) is 0. The zero-order chi connectivity index (χ0) is 35.8. The van der Waals surface area contributed by atoms with Crippen LogP contribution in [-0.4, -0.2) is 81.2 Å². The van der Waals surface area contributed by atoms with Crippen LogP contribution in [0.25, 0.3) is 0 Å². The lowest BCUT2D eigenvalue weighted by molar-refractivity contribution is -0.137. The molecule has 1 fully saturated rings. The number of aliphatic imine (C=N–C) groups is 1. The van der Waals surface area contributed by atoms with Gasteiger partial charge in [-0.25, -0.2) is 8.42 Å². The van der Waals surface area contributed by atoms with E-state index in [0.29, 0.717) is 67.3 Å². The molecule has 2 aliphatic heterocycles. The van der Waals surface area contributed by atoms with Gasteiger partial charge in [0.25, 0.3) is 0 Å². The number of carbonyl (C=O) groups is 1. The molecular formula is C39H49Cl2N3O4S. The highest BCUT2D eigenvalue weighted by molar-refractivity contribution is 7.90. The molecule has 2 heterocycles. The highest BCUT2D eigenvalue weighted by Gasteiger charge is 2.61. The van der Waals surface area contributed by atoms with Crippen LogP contribution in [0.4, 0.5) is 0 Å². The summed E-state index contributed by atoms with van der Waals surface area (Å²) in [7, 11) is -3.02. The van der Waals surface area contributed by atoms with Crippen molar-refractivity contribution in [2.45, 2.75) is 64.3 Å². The van der Waals surface area contributed by atoms with E-state index in [1.807, 2.05) is 60.4 Å². The van der Waals surface area contributed by atoms with Gasteiger partial charge in [0.15, 0.2) is 0 Å². The molecule has 3 aromatic rings. The van der Waals surface area contributed by atoms with Crippen molar-refractivity contribution in [2.75, 3.05) is 51.3 Å². The first-order valence-electron chi connectivity index (χ1n) is 17.1. The Kier molecular flexibility index (Phi) is 11.0. The van der Waals surface area contributed by atoms with Crippen molar-refractivity contribution in [3.05, 3.63) is 99.0 Å². The van der Waals surface area contributed by atoms with Crippen LogP contribution in [0.15, 0.2) is 71.7 Å². The molecule has 49 heavy (non-hydrogen) atoms. The third-order valence-electron chi connectivity index (χ3n) is 10.4. The zero-order valence-corrected chi connectivity index (χ0v) is 32.1. The van der Waals surface area contributed by atoms with Crippen LogP contribution in [0, 0.1) is 5.92 Å². The third kappa shape index (κ3) is 7.73. The Morgan fingerprint density at radius 2 is 1.49 bits per heavy atom. The summed E-state index contributed by atoms with van der Waals surface area (Å²) in [6, 6.07) is 21.8. The molecule has 0 aliphatic carbocycles. The predicted octanol–water partition coefficient (Wildman–Crippen LogP) is 7.56. The molecule has 0 radical (unpaired) electrons. The van der Waals surface area contributed by atoms with Gasteiger partial charge in [0.05, 0.1) is 29.5 Å². The van der Waals surface area contributed by atoms with Crippen LogP contribution in [0.2, 0.25) is 10.0 Å². The number of carbonyl (C=O) groups excluding carboxylic acids is 1. The van der Waals surface area contributed by atoms with Crippen LogP contribution in [0.3, 0.4) is 0 Å². The number of benzene rings is 3. The minimum Gasteiger partial charge on any atom is -0.493 e. The molecule has 1 saturated heterocycles. The quantitative estimate of drug-likeness (QED) is 0.216. The molecule has 10 heteroatoms. The Labute approximate surface area is 302 Å². The fourth-order valence-corrected chi connectivity index (χ4v) is 8.24. The summed E-state index contributed by atoms with van der Waals surface area (Å²) in [6.45, 7) is 16.3. The summed E-state index contributed by atoms with van der Waals surface area (Å²) in [5.41, 5.74) is 2.72. The second kappa shape index (κ2) is 14.4. The summed E-state index contributed by atoms with van der Waals surface area (Å²) >= 11 is 12.8. The maximum absolute atomic E-state index is 15.2. The standard InChI is InChI=1S/C39H49Cl2N3O4S/c1-8-48-33-26-29(37(2,3)4)14-19-32(33)35-34(36(45)44-23-21-43(22-24-44)20-9-25-49(7,46)47)38(5,27-10-15-30(40)16-11-27)39(6,42-35)28-12-17-31(41)18-13-28/h10-19,26,34H,8-9,20-25H2,1-7H3/t34?,38-,39-/m0/s1. The van der Waals surface area contributed by atoms with E-state index in [0.717, 1.165) is 22.3 Å². The van der Waals surface area contributed by atoms with Gasteiger partial charge in [-0.3, -0.25) is 14.7 Å². The largest absolute Gasteiger partial charge is 0.493 e. The van der Waals surface area contributed by atoms with Crippen molar-refractivity contribution >= 4 is 44.7 Å². The van der Waals surface area contributed by atoms with Gasteiger partial charge in [-0.15, -0.1) is 0 Å². The second-order valence-electron chi connectivity index (χ2n) is 14.8. The lowest BCUT2D eigenvalue weighted by Crippen LogP contribution is -2.56. The van der Waals surface area contributed by atoms with Crippen molar-refractivity contribution in [3.63, 3.8) is 0 Å². The number of amides is 1. The molecule has 0 saturated carbocycles. The van der Waals surface area contributed by atoms with Gasteiger partial charge < -0.3 is 9.64 Å². The normalized spacial score (nSPS) is 23.4. The Morgan fingerprint density at radius 3 is 2.02 bits per heavy atom. The molecular weight excluding hydrogens is 677 g/mol. The van der Waals surface area contributed by atoms with E-state index in [9.17, 15) is 8.42 Å². The lowest BCUT2D eigenvalue weighted by atomic mass is 9.59. The van der Waals surface area contributed by atoms with Gasteiger partial charge in [0, 0.05) is 53.5 Å². The number of piperazine rings is 1. The summed E-state index contributed by atoms with van der Waals surface area (Å²) in [5, 5.41) is 1.24. The number of ether oxygens (including phenoxy) is 1. The third-order valence-corrected chi connectivity index (χ3v) is 11.9. The average Bonchev–Trinajstić information content (AvgIpc) is 3.28. The van der Waals surface area contributed by atoms with E-state index in [-0.39, 0.29) is 17.1 Å². The van der Waals surface area contributed by atoms with Gasteiger partial charge in [-0.2, -0.15) is 0 Å². The Bertz CT molecular complexity index is 1800. The molecule has 5 rings (SSSR count). The number of sulfone groups is 1. The number of rotatable bonds is 10. The van der Waals surface area contributed by atoms with Crippen molar-refractivity contribution in [1.29, 1.82) is 0 Å². The van der Waals surface area contributed by atoms with E-state index in [2.05, 4.69) is 57.7 Å². The van der Waals surface area contributed by atoms with Crippen LogP contribution in [0.1, 0.15) is 70.2 Å². The van der Waals surface area contributed by atoms with Crippen LogP contribution in [0.5, 0.6) is 5.75 Å². The summed E-state index contributed by atoms with van der Waals surface area (Å²) in [5.74, 6) is 0.214. The molecule has 3 atom stereocenters. The van der Waals surface area contributed by atoms with Crippen LogP contribution < -0.4 is 4.74 Å². The highest BCUT2D eigenvalue weighted by Crippen LogP contribution is 2.57. The SMILES string of the molecule is CCOc1cc(C(C)(C)C)ccc1C1=N[C@@](C)(c2ccc(Cl)cc2)[C@@](C)(c2ccc(Cl)cc2)C1C(=O)N1CCN(CCCS(C)(=O)=O)CC1. The fraction of sp³-hybridized carbons (Fsp3) is 0.487. The topological polar surface area (TPSA) is 79.3 Å². The Morgan fingerprint density at radius 1 is 0.918 bits per heavy atom. The Hall–Kier alpha value is -2.91. The molecule has 0 bridgehead atoms. The zero-order valence-electron chi connectivity index (χ0n) is 29.7. The van der Waals surface area contributed by atoms with Crippen molar-refractivity contribution in [1.82, 2.24) is 9.80 Å². The van der Waals surface area contributed by atoms with Crippen LogP contribution >= 0.6 is 23.2 Å². The first-order valence-corrected chi connectivity index (χ1v) is 19.9.